The van der Waals surface area contributed by atoms with E-state index in [9.17, 15) is 4.79 Å². The molecule has 4 rings (SSSR count). The first-order valence-corrected chi connectivity index (χ1v) is 10.0. The molecule has 6 heteroatoms. The van der Waals surface area contributed by atoms with Crippen LogP contribution in [0.5, 0.6) is 5.88 Å². The molecule has 0 saturated carbocycles. The van der Waals surface area contributed by atoms with E-state index in [-0.39, 0.29) is 5.91 Å². The lowest BCUT2D eigenvalue weighted by molar-refractivity contribution is -0.131. The summed E-state index contributed by atoms with van der Waals surface area (Å²) in [5, 5.41) is 7.80. The Bertz CT molecular complexity index is 1010. The third-order valence-electron chi connectivity index (χ3n) is 5.61. The van der Waals surface area contributed by atoms with E-state index in [1.165, 1.54) is 11.1 Å². The second kappa shape index (κ2) is 8.47. The van der Waals surface area contributed by atoms with Gasteiger partial charge in [-0.25, -0.2) is 4.98 Å². The highest BCUT2D eigenvalue weighted by molar-refractivity contribution is 5.77. The fourth-order valence-corrected chi connectivity index (χ4v) is 3.92. The fourth-order valence-electron chi connectivity index (χ4n) is 3.92. The topological polar surface area (TPSA) is 71.1 Å². The van der Waals surface area contributed by atoms with Gasteiger partial charge in [0.1, 0.15) is 0 Å². The number of pyridine rings is 1. The van der Waals surface area contributed by atoms with E-state index in [1.54, 1.807) is 13.3 Å². The summed E-state index contributed by atoms with van der Waals surface area (Å²) in [5.41, 5.74) is 6.86. The van der Waals surface area contributed by atoms with Crippen molar-refractivity contribution in [3.05, 3.63) is 65.0 Å². The molecule has 3 aromatic rings. The molecule has 29 heavy (non-hydrogen) atoms. The van der Waals surface area contributed by atoms with E-state index in [0.717, 1.165) is 48.4 Å². The summed E-state index contributed by atoms with van der Waals surface area (Å²) in [5.74, 6) is 0.774. The standard InChI is InChI=1S/C23H26N4O2/c1-16-5-3-4-6-18(16)23-19-10-13-27(14-11-20(19)25-26-23)22(28)8-7-17-9-12-24-21(15-17)29-2/h3-6,9,12,15H,7-8,10-11,13-14H2,1-2H3,(H,25,26). The Labute approximate surface area is 170 Å². The van der Waals surface area contributed by atoms with E-state index in [2.05, 4.69) is 34.2 Å². The van der Waals surface area contributed by atoms with Crippen LogP contribution in [-0.2, 0) is 24.1 Å². The number of benzene rings is 1. The molecule has 0 saturated heterocycles. The molecule has 2 aromatic heterocycles. The van der Waals surface area contributed by atoms with Crippen molar-refractivity contribution in [3.63, 3.8) is 0 Å². The highest BCUT2D eigenvalue weighted by Crippen LogP contribution is 2.29. The van der Waals surface area contributed by atoms with Crippen LogP contribution in [0.2, 0.25) is 0 Å². The minimum absolute atomic E-state index is 0.191. The van der Waals surface area contributed by atoms with Crippen molar-refractivity contribution in [3.8, 4) is 17.1 Å². The molecular weight excluding hydrogens is 364 g/mol. The van der Waals surface area contributed by atoms with Crippen LogP contribution in [-0.4, -0.2) is 46.2 Å². The number of aromatic amines is 1. The number of carbonyl (C=O) groups excluding carboxylic acids is 1. The molecule has 150 valence electrons. The van der Waals surface area contributed by atoms with Gasteiger partial charge in [-0.3, -0.25) is 9.89 Å². The van der Waals surface area contributed by atoms with Gasteiger partial charge in [0.25, 0.3) is 0 Å². The third kappa shape index (κ3) is 4.16. The molecular formula is C23H26N4O2. The molecule has 6 nitrogen and oxygen atoms in total. The van der Waals surface area contributed by atoms with Crippen LogP contribution in [0.15, 0.2) is 42.6 Å². The van der Waals surface area contributed by atoms with E-state index >= 15 is 0 Å². The van der Waals surface area contributed by atoms with Crippen LogP contribution in [0.25, 0.3) is 11.3 Å². The zero-order valence-corrected chi connectivity index (χ0v) is 16.9. The van der Waals surface area contributed by atoms with Crippen LogP contribution in [0.1, 0.15) is 28.8 Å². The molecule has 0 aliphatic carbocycles. The molecule has 3 heterocycles. The summed E-state index contributed by atoms with van der Waals surface area (Å²) in [6.45, 7) is 3.56. The van der Waals surface area contributed by atoms with Gasteiger partial charge in [-0.15, -0.1) is 0 Å². The first kappa shape index (κ1) is 19.2. The fraction of sp³-hybridized carbons (Fsp3) is 0.348. The van der Waals surface area contributed by atoms with E-state index in [1.807, 2.05) is 29.2 Å². The minimum atomic E-state index is 0.191. The van der Waals surface area contributed by atoms with Crippen LogP contribution in [0.4, 0.5) is 0 Å². The number of aryl methyl sites for hydroxylation is 2. The number of H-pyrrole nitrogens is 1. The lowest BCUT2D eigenvalue weighted by Crippen LogP contribution is -2.33. The summed E-state index contributed by atoms with van der Waals surface area (Å²) < 4.78 is 5.16. The van der Waals surface area contributed by atoms with Crippen molar-refractivity contribution in [2.24, 2.45) is 0 Å². The van der Waals surface area contributed by atoms with Crippen molar-refractivity contribution in [1.29, 1.82) is 0 Å². The quantitative estimate of drug-likeness (QED) is 0.725. The van der Waals surface area contributed by atoms with Crippen molar-refractivity contribution in [2.45, 2.75) is 32.6 Å². The van der Waals surface area contributed by atoms with Crippen LogP contribution >= 0.6 is 0 Å². The molecule has 0 atom stereocenters. The summed E-state index contributed by atoms with van der Waals surface area (Å²) in [6.07, 6.45) is 4.53. The number of fused-ring (bicyclic) bond motifs is 1. The maximum atomic E-state index is 12.8. The van der Waals surface area contributed by atoms with E-state index < -0.39 is 0 Å². The van der Waals surface area contributed by atoms with Crippen molar-refractivity contribution >= 4 is 5.91 Å². The zero-order chi connectivity index (χ0) is 20.2. The molecule has 1 aromatic carbocycles. The van der Waals surface area contributed by atoms with Gasteiger partial charge in [0, 0.05) is 55.0 Å². The van der Waals surface area contributed by atoms with Gasteiger partial charge in [0.2, 0.25) is 11.8 Å². The van der Waals surface area contributed by atoms with Crippen molar-refractivity contribution in [1.82, 2.24) is 20.1 Å². The second-order valence-corrected chi connectivity index (χ2v) is 7.43. The van der Waals surface area contributed by atoms with Gasteiger partial charge < -0.3 is 9.64 Å². The summed E-state index contributed by atoms with van der Waals surface area (Å²) >= 11 is 0. The number of methoxy groups -OCH3 is 1. The minimum Gasteiger partial charge on any atom is -0.481 e. The van der Waals surface area contributed by atoms with Crippen LogP contribution in [0.3, 0.4) is 0 Å². The maximum Gasteiger partial charge on any atom is 0.222 e. The highest BCUT2D eigenvalue weighted by atomic mass is 16.5. The Hall–Kier alpha value is -3.15. The Kier molecular flexibility index (Phi) is 5.60. The predicted molar refractivity (Wildman–Crippen MR) is 112 cm³/mol. The number of rotatable bonds is 5. The third-order valence-corrected chi connectivity index (χ3v) is 5.61. The second-order valence-electron chi connectivity index (χ2n) is 7.43. The monoisotopic (exact) mass is 390 g/mol. The molecule has 0 spiro atoms. The predicted octanol–water partition coefficient (Wildman–Crippen LogP) is 3.35. The molecule has 0 fully saturated rings. The van der Waals surface area contributed by atoms with Gasteiger partial charge in [0.15, 0.2) is 0 Å². The first-order valence-electron chi connectivity index (χ1n) is 10.0. The van der Waals surface area contributed by atoms with Crippen LogP contribution in [0, 0.1) is 6.92 Å². The molecule has 1 N–H and O–H groups in total. The number of hydrogen-bond donors (Lipinski definition) is 1. The molecule has 0 bridgehead atoms. The average molecular weight is 390 g/mol. The molecule has 0 radical (unpaired) electrons. The molecule has 0 unspecified atom stereocenters. The number of nitrogens with zero attached hydrogens (tertiary/aromatic N) is 3. The lowest BCUT2D eigenvalue weighted by Gasteiger charge is -2.20. The van der Waals surface area contributed by atoms with Crippen molar-refractivity contribution in [2.75, 3.05) is 20.2 Å². The Morgan fingerprint density at radius 1 is 1.21 bits per heavy atom. The average Bonchev–Trinajstić information content (AvgIpc) is 3.03. The Morgan fingerprint density at radius 2 is 2.03 bits per heavy atom. The number of ether oxygens (including phenoxy) is 1. The maximum absolute atomic E-state index is 12.8. The number of nitrogens with one attached hydrogen (secondary N) is 1. The number of aromatic nitrogens is 3. The van der Waals surface area contributed by atoms with Gasteiger partial charge >= 0.3 is 0 Å². The molecule has 1 aliphatic rings. The van der Waals surface area contributed by atoms with E-state index in [0.29, 0.717) is 18.7 Å². The van der Waals surface area contributed by atoms with Gasteiger partial charge in [0.05, 0.1) is 12.8 Å². The number of carbonyl (C=O) groups is 1. The highest BCUT2D eigenvalue weighted by Gasteiger charge is 2.23. The molecule has 1 amide bonds. The summed E-state index contributed by atoms with van der Waals surface area (Å²) in [4.78, 5) is 18.9. The van der Waals surface area contributed by atoms with Gasteiger partial charge in [-0.05, 0) is 37.0 Å². The number of amides is 1. The summed E-state index contributed by atoms with van der Waals surface area (Å²) in [7, 11) is 1.60. The Morgan fingerprint density at radius 3 is 2.86 bits per heavy atom. The van der Waals surface area contributed by atoms with E-state index in [4.69, 9.17) is 4.74 Å². The molecule has 1 aliphatic heterocycles. The first-order chi connectivity index (χ1) is 14.2. The normalized spacial score (nSPS) is 13.7. The largest absolute Gasteiger partial charge is 0.481 e. The summed E-state index contributed by atoms with van der Waals surface area (Å²) in [6, 6.07) is 12.1. The van der Waals surface area contributed by atoms with Crippen molar-refractivity contribution < 1.29 is 9.53 Å². The smallest absolute Gasteiger partial charge is 0.222 e. The number of hydrogen-bond acceptors (Lipinski definition) is 4. The zero-order valence-electron chi connectivity index (χ0n) is 16.9. The van der Waals surface area contributed by atoms with Crippen LogP contribution < -0.4 is 4.74 Å². The van der Waals surface area contributed by atoms with Gasteiger partial charge in [-0.1, -0.05) is 24.3 Å². The lowest BCUT2D eigenvalue weighted by atomic mass is 9.99. The SMILES string of the molecule is COc1cc(CCC(=O)N2CCc3[nH]nc(-c4ccccc4C)c3CC2)ccn1. The Balaban J connectivity index is 1.42. The van der Waals surface area contributed by atoms with Gasteiger partial charge in [-0.2, -0.15) is 5.10 Å².